The molecule has 2 N–H and O–H groups in total. The van der Waals surface area contributed by atoms with Gasteiger partial charge in [-0.3, -0.25) is 14.2 Å². The number of hydrogen-bond donors (Lipinski definition) is 2. The van der Waals surface area contributed by atoms with Crippen LogP contribution in [0, 0.1) is 6.92 Å². The van der Waals surface area contributed by atoms with Gasteiger partial charge in [-0.1, -0.05) is 47.7 Å². The molecule has 9 heteroatoms. The van der Waals surface area contributed by atoms with Gasteiger partial charge in [-0.15, -0.1) is 10.2 Å². The molecule has 4 rings (SSSR count). The minimum Gasteiger partial charge on any atom is -0.496 e. The van der Waals surface area contributed by atoms with E-state index >= 15 is 0 Å². The highest BCUT2D eigenvalue weighted by Crippen LogP contribution is 2.33. The topological polar surface area (TPSA) is 98.1 Å². The van der Waals surface area contributed by atoms with Crippen LogP contribution < -0.4 is 15.4 Å². The van der Waals surface area contributed by atoms with E-state index in [1.165, 1.54) is 18.7 Å². The summed E-state index contributed by atoms with van der Waals surface area (Å²) in [7, 11) is 1.62. The first-order valence-corrected chi connectivity index (χ1v) is 11.9. The van der Waals surface area contributed by atoms with Gasteiger partial charge in [-0.25, -0.2) is 0 Å². The molecule has 0 atom stereocenters. The van der Waals surface area contributed by atoms with Crippen LogP contribution in [0.15, 0.2) is 78.0 Å². The van der Waals surface area contributed by atoms with Gasteiger partial charge < -0.3 is 15.4 Å². The summed E-state index contributed by atoms with van der Waals surface area (Å²) in [4.78, 5) is 24.0. The van der Waals surface area contributed by atoms with Gasteiger partial charge >= 0.3 is 0 Å². The Kier molecular flexibility index (Phi) is 7.47. The Balaban J connectivity index is 1.58. The van der Waals surface area contributed by atoms with Crippen molar-refractivity contribution in [2.24, 2.45) is 0 Å². The average Bonchev–Trinajstić information content (AvgIpc) is 3.27. The van der Waals surface area contributed by atoms with Gasteiger partial charge in [0.15, 0.2) is 11.0 Å². The van der Waals surface area contributed by atoms with Crippen molar-refractivity contribution in [3.05, 3.63) is 78.4 Å². The Bertz CT molecular complexity index is 1350. The zero-order valence-corrected chi connectivity index (χ0v) is 20.4. The standard InChI is InChI=1S/C26H25N5O3S/c1-17-11-13-21(14-12-17)31-25(22-9-4-5-10-23(22)34-3)29-30-26(31)35-16-24(33)28-20-8-6-7-19(15-20)27-18(2)32/h4-15H,16H2,1-3H3,(H,27,32)(H,28,33). The second-order valence-corrected chi connectivity index (χ2v) is 8.72. The SMILES string of the molecule is COc1ccccc1-c1nnc(SCC(=O)Nc2cccc(NC(C)=O)c2)n1-c1ccc(C)cc1. The maximum atomic E-state index is 12.7. The molecule has 8 nitrogen and oxygen atoms in total. The number of aryl methyl sites for hydroxylation is 1. The third kappa shape index (κ3) is 5.88. The normalized spacial score (nSPS) is 10.6. The van der Waals surface area contributed by atoms with Gasteiger partial charge in [0.05, 0.1) is 18.4 Å². The number of benzene rings is 3. The van der Waals surface area contributed by atoms with Crippen molar-refractivity contribution < 1.29 is 14.3 Å². The Morgan fingerprint density at radius 3 is 2.37 bits per heavy atom. The van der Waals surface area contributed by atoms with E-state index in [9.17, 15) is 9.59 Å². The summed E-state index contributed by atoms with van der Waals surface area (Å²) >= 11 is 1.28. The van der Waals surface area contributed by atoms with Crippen LogP contribution >= 0.6 is 11.8 Å². The van der Waals surface area contributed by atoms with Crippen molar-refractivity contribution in [2.75, 3.05) is 23.5 Å². The fraction of sp³-hybridized carbons (Fsp3) is 0.154. The molecule has 2 amide bonds. The minimum atomic E-state index is -0.202. The fourth-order valence-corrected chi connectivity index (χ4v) is 4.25. The number of ether oxygens (including phenoxy) is 1. The van der Waals surface area contributed by atoms with Crippen molar-refractivity contribution >= 4 is 35.0 Å². The van der Waals surface area contributed by atoms with Crippen LogP contribution in [-0.2, 0) is 9.59 Å². The average molecular weight is 488 g/mol. The quantitative estimate of drug-likeness (QED) is 0.342. The molecule has 178 valence electrons. The van der Waals surface area contributed by atoms with Crippen molar-refractivity contribution in [3.8, 4) is 22.8 Å². The number of anilines is 2. The molecule has 35 heavy (non-hydrogen) atoms. The van der Waals surface area contributed by atoms with Crippen LogP contribution in [0.25, 0.3) is 17.1 Å². The molecule has 3 aromatic carbocycles. The summed E-state index contributed by atoms with van der Waals surface area (Å²) in [6.45, 7) is 3.46. The highest BCUT2D eigenvalue weighted by Gasteiger charge is 2.20. The number of rotatable bonds is 8. The molecular formula is C26H25N5O3S. The van der Waals surface area contributed by atoms with E-state index in [-0.39, 0.29) is 17.6 Å². The molecular weight excluding hydrogens is 462 g/mol. The van der Waals surface area contributed by atoms with E-state index in [4.69, 9.17) is 4.74 Å². The van der Waals surface area contributed by atoms with Crippen LogP contribution in [0.2, 0.25) is 0 Å². The number of aromatic nitrogens is 3. The predicted molar refractivity (Wildman–Crippen MR) is 138 cm³/mol. The molecule has 0 fully saturated rings. The third-order valence-electron chi connectivity index (χ3n) is 5.07. The predicted octanol–water partition coefficient (Wildman–Crippen LogP) is 4.94. The zero-order chi connectivity index (χ0) is 24.8. The monoisotopic (exact) mass is 487 g/mol. The highest BCUT2D eigenvalue weighted by atomic mass is 32.2. The summed E-state index contributed by atoms with van der Waals surface area (Å²) in [5, 5.41) is 15.0. The maximum absolute atomic E-state index is 12.7. The molecule has 1 aromatic heterocycles. The van der Waals surface area contributed by atoms with E-state index in [0.29, 0.717) is 28.1 Å². The first-order valence-electron chi connectivity index (χ1n) is 10.9. The molecule has 0 radical (unpaired) electrons. The Morgan fingerprint density at radius 2 is 1.66 bits per heavy atom. The van der Waals surface area contributed by atoms with Gasteiger partial charge in [-0.2, -0.15) is 0 Å². The molecule has 0 aliphatic heterocycles. The maximum Gasteiger partial charge on any atom is 0.234 e. The van der Waals surface area contributed by atoms with Crippen molar-refractivity contribution in [3.63, 3.8) is 0 Å². The number of carbonyl (C=O) groups excluding carboxylic acids is 2. The number of methoxy groups -OCH3 is 1. The summed E-state index contributed by atoms with van der Waals surface area (Å²) in [6.07, 6.45) is 0. The van der Waals surface area contributed by atoms with Crippen LogP contribution in [0.1, 0.15) is 12.5 Å². The number of nitrogens with zero attached hydrogens (tertiary/aromatic N) is 3. The third-order valence-corrected chi connectivity index (χ3v) is 6.00. The van der Waals surface area contributed by atoms with Gasteiger partial charge in [0.1, 0.15) is 5.75 Å². The molecule has 0 saturated carbocycles. The van der Waals surface area contributed by atoms with Gasteiger partial charge in [0, 0.05) is 24.0 Å². The Hall–Kier alpha value is -4.11. The van der Waals surface area contributed by atoms with Crippen molar-refractivity contribution in [2.45, 2.75) is 19.0 Å². The number of hydrogen-bond acceptors (Lipinski definition) is 6. The summed E-state index contributed by atoms with van der Waals surface area (Å²) in [6, 6.07) is 22.6. The van der Waals surface area contributed by atoms with Crippen molar-refractivity contribution in [1.82, 2.24) is 14.8 Å². The second kappa shape index (κ2) is 10.9. The molecule has 0 saturated heterocycles. The van der Waals surface area contributed by atoms with E-state index in [1.807, 2.05) is 60.0 Å². The lowest BCUT2D eigenvalue weighted by molar-refractivity contribution is -0.114. The highest BCUT2D eigenvalue weighted by molar-refractivity contribution is 7.99. The largest absolute Gasteiger partial charge is 0.496 e. The van der Waals surface area contributed by atoms with Crippen LogP contribution in [0.4, 0.5) is 11.4 Å². The fourth-order valence-electron chi connectivity index (χ4n) is 3.50. The minimum absolute atomic E-state index is 0.125. The van der Waals surface area contributed by atoms with Crippen LogP contribution in [0.3, 0.4) is 0 Å². The number of amides is 2. The molecule has 4 aromatic rings. The molecule has 0 spiro atoms. The Morgan fingerprint density at radius 1 is 0.943 bits per heavy atom. The smallest absolute Gasteiger partial charge is 0.234 e. The van der Waals surface area contributed by atoms with Crippen LogP contribution in [0.5, 0.6) is 5.75 Å². The molecule has 0 aliphatic rings. The number of nitrogens with one attached hydrogen (secondary N) is 2. The summed E-state index contributed by atoms with van der Waals surface area (Å²) < 4.78 is 7.46. The number of para-hydroxylation sites is 1. The first kappa shape index (κ1) is 24.0. The summed E-state index contributed by atoms with van der Waals surface area (Å²) in [5.41, 5.74) is 4.03. The van der Waals surface area contributed by atoms with Crippen LogP contribution in [-0.4, -0.2) is 39.4 Å². The lowest BCUT2D eigenvalue weighted by atomic mass is 10.1. The molecule has 0 unspecified atom stereocenters. The van der Waals surface area contributed by atoms with E-state index in [1.54, 1.807) is 31.4 Å². The second-order valence-electron chi connectivity index (χ2n) is 7.78. The van der Waals surface area contributed by atoms with E-state index in [0.717, 1.165) is 16.8 Å². The van der Waals surface area contributed by atoms with Gasteiger partial charge in [0.2, 0.25) is 11.8 Å². The summed E-state index contributed by atoms with van der Waals surface area (Å²) in [5.74, 6) is 1.05. The van der Waals surface area contributed by atoms with Crippen molar-refractivity contribution in [1.29, 1.82) is 0 Å². The van der Waals surface area contributed by atoms with Gasteiger partial charge in [0.25, 0.3) is 0 Å². The molecule has 0 aliphatic carbocycles. The van der Waals surface area contributed by atoms with E-state index < -0.39 is 0 Å². The molecule has 1 heterocycles. The Labute approximate surface area is 207 Å². The number of carbonyl (C=O) groups is 2. The zero-order valence-electron chi connectivity index (χ0n) is 19.6. The first-order chi connectivity index (χ1) is 16.9. The van der Waals surface area contributed by atoms with E-state index in [2.05, 4.69) is 20.8 Å². The lowest BCUT2D eigenvalue weighted by Gasteiger charge is -2.13. The lowest BCUT2D eigenvalue weighted by Crippen LogP contribution is -2.15. The number of thioether (sulfide) groups is 1. The molecule has 0 bridgehead atoms. The van der Waals surface area contributed by atoms with Gasteiger partial charge in [-0.05, 0) is 49.4 Å².